The molecule has 0 saturated carbocycles. The summed E-state index contributed by atoms with van der Waals surface area (Å²) in [6.07, 6.45) is 6.33. The lowest BCUT2D eigenvalue weighted by Crippen LogP contribution is -2.15. The van der Waals surface area contributed by atoms with Gasteiger partial charge in [-0.05, 0) is 78.6 Å². The highest BCUT2D eigenvalue weighted by molar-refractivity contribution is 7.27. The highest BCUT2D eigenvalue weighted by Gasteiger charge is 2.37. The predicted octanol–water partition coefficient (Wildman–Crippen LogP) is 14.4. The molecule has 1 aliphatic carbocycles. The van der Waals surface area contributed by atoms with E-state index in [0.717, 1.165) is 33.5 Å². The molecule has 0 saturated heterocycles. The summed E-state index contributed by atoms with van der Waals surface area (Å²) >= 11 is 1.89. The number of hydrogen-bond donors (Lipinski definition) is 0. The monoisotopic (exact) mass is 752 g/mol. The molecule has 0 unspecified atom stereocenters. The average Bonchev–Trinajstić information content (AvgIpc) is 3.89. The number of allylic oxidation sites excluding steroid dienone is 4. The summed E-state index contributed by atoms with van der Waals surface area (Å²) in [5.41, 5.74) is 13.1. The van der Waals surface area contributed by atoms with Crippen molar-refractivity contribution in [1.82, 2.24) is 19.5 Å². The van der Waals surface area contributed by atoms with Crippen LogP contribution in [0.2, 0.25) is 0 Å². The van der Waals surface area contributed by atoms with Crippen LogP contribution in [0, 0.1) is 0 Å². The molecule has 0 fully saturated rings. The Balaban J connectivity index is 0.00000195. The lowest BCUT2D eigenvalue weighted by molar-refractivity contribution is 0.660. The first kappa shape index (κ1) is 34.8. The number of thiophene rings is 1. The van der Waals surface area contributed by atoms with Crippen LogP contribution in [-0.4, -0.2) is 19.5 Å². The second kappa shape index (κ2) is 13.2. The fourth-order valence-corrected chi connectivity index (χ4v) is 10.6. The Morgan fingerprint density at radius 2 is 1.42 bits per heavy atom. The van der Waals surface area contributed by atoms with Crippen molar-refractivity contribution in [1.29, 1.82) is 0 Å². The first-order chi connectivity index (χ1) is 28.0. The Bertz CT molecular complexity index is 3340. The Hall–Kier alpha value is -6.69. The molecule has 0 amide bonds. The highest BCUT2D eigenvalue weighted by atomic mass is 32.1. The van der Waals surface area contributed by atoms with E-state index in [9.17, 15) is 0 Å². The molecular formula is C52H40N4S. The molecule has 11 rings (SSSR count). The summed E-state index contributed by atoms with van der Waals surface area (Å²) in [5.74, 6) is 0.678. The van der Waals surface area contributed by atoms with Crippen molar-refractivity contribution in [2.75, 3.05) is 0 Å². The minimum absolute atomic E-state index is 0.122. The second-order valence-electron chi connectivity index (χ2n) is 15.0. The smallest absolute Gasteiger partial charge is 0.160 e. The van der Waals surface area contributed by atoms with E-state index >= 15 is 0 Å². The summed E-state index contributed by atoms with van der Waals surface area (Å²) in [5, 5.41) is 7.70. The van der Waals surface area contributed by atoms with Crippen LogP contribution in [0.15, 0.2) is 164 Å². The number of para-hydroxylation sites is 1. The van der Waals surface area contributed by atoms with E-state index in [4.69, 9.17) is 15.0 Å². The van der Waals surface area contributed by atoms with Gasteiger partial charge in [0.05, 0.1) is 16.6 Å². The minimum atomic E-state index is -0.122. The van der Waals surface area contributed by atoms with Crippen LogP contribution in [0.1, 0.15) is 38.8 Å². The van der Waals surface area contributed by atoms with Gasteiger partial charge in [0, 0.05) is 70.1 Å². The number of benzene rings is 6. The van der Waals surface area contributed by atoms with Gasteiger partial charge >= 0.3 is 0 Å². The normalized spacial score (nSPS) is 15.0. The Morgan fingerprint density at radius 1 is 0.667 bits per heavy atom. The number of nitrogens with zero attached hydrogens (tertiary/aromatic N) is 4. The van der Waals surface area contributed by atoms with Crippen molar-refractivity contribution in [2.45, 2.75) is 33.1 Å². The van der Waals surface area contributed by atoms with Crippen LogP contribution in [0.4, 0.5) is 0 Å². The molecule has 0 radical (unpaired) electrons. The topological polar surface area (TPSA) is 43.6 Å². The third-order valence-electron chi connectivity index (χ3n) is 11.8. The van der Waals surface area contributed by atoms with Crippen LogP contribution in [-0.2, 0) is 5.41 Å². The van der Waals surface area contributed by atoms with Gasteiger partial charge < -0.3 is 4.57 Å². The maximum absolute atomic E-state index is 5.35. The third kappa shape index (κ3) is 5.02. The number of fused-ring (bicyclic) bond motifs is 12. The molecule has 4 nitrogen and oxygen atoms in total. The fourth-order valence-electron chi connectivity index (χ4n) is 9.37. The highest BCUT2D eigenvalue weighted by Crippen LogP contribution is 2.51. The average molecular weight is 753 g/mol. The van der Waals surface area contributed by atoms with Crippen LogP contribution < -0.4 is 0 Å². The van der Waals surface area contributed by atoms with Gasteiger partial charge in [0.25, 0.3) is 0 Å². The van der Waals surface area contributed by atoms with E-state index in [1.165, 1.54) is 75.0 Å². The lowest BCUT2D eigenvalue weighted by atomic mass is 9.81. The number of pyridine rings is 1. The van der Waals surface area contributed by atoms with Gasteiger partial charge in [0.2, 0.25) is 0 Å². The Morgan fingerprint density at radius 3 is 2.23 bits per heavy atom. The molecule has 0 atom stereocenters. The molecule has 0 N–H and O–H groups in total. The van der Waals surface area contributed by atoms with Crippen LogP contribution >= 0.6 is 11.3 Å². The summed E-state index contributed by atoms with van der Waals surface area (Å²) < 4.78 is 5.10. The zero-order valence-corrected chi connectivity index (χ0v) is 33.3. The maximum Gasteiger partial charge on any atom is 0.160 e. The summed E-state index contributed by atoms with van der Waals surface area (Å²) in [7, 11) is 0. The summed E-state index contributed by atoms with van der Waals surface area (Å²) in [6, 6.07) is 46.1. The molecule has 10 aromatic rings. The number of hydrogen-bond acceptors (Lipinski definition) is 4. The van der Waals surface area contributed by atoms with Crippen LogP contribution in [0.5, 0.6) is 0 Å². The van der Waals surface area contributed by atoms with Gasteiger partial charge in [-0.15, -0.1) is 24.5 Å². The first-order valence-corrected chi connectivity index (χ1v) is 20.3. The molecule has 0 aliphatic heterocycles. The van der Waals surface area contributed by atoms with E-state index in [2.05, 4.69) is 173 Å². The van der Waals surface area contributed by atoms with Gasteiger partial charge in [0.15, 0.2) is 5.82 Å². The molecule has 5 heteroatoms. The summed E-state index contributed by atoms with van der Waals surface area (Å²) in [4.78, 5) is 15.3. The fraction of sp³-hybridized carbons (Fsp3) is 0.0962. The second-order valence-corrected chi connectivity index (χ2v) is 16.1. The van der Waals surface area contributed by atoms with Gasteiger partial charge in [-0.3, -0.25) is 4.98 Å². The van der Waals surface area contributed by atoms with E-state index in [1.807, 2.05) is 29.7 Å². The molecule has 0 spiro atoms. The maximum atomic E-state index is 5.35. The standard InChI is InChI=1S/C50H36N4S.C2H4/c1-5-32-33-25-24-29(28-39(33)50(3,4)38(32)6-2)45-46-40(21-14-26-51-46)52-49(53-45)30-15-13-16-31(27-30)54-41-22-11-9-19-36(41)43-44-37-20-10-12-23-42(37)55-48(44)35-18-8-7-17-34(35)47(43)54;1-2/h5-28H,1-4H3;1-2H2/b32-5-,38-6+;. The zero-order chi connectivity index (χ0) is 39.0. The molecule has 1 aliphatic rings. The zero-order valence-electron chi connectivity index (χ0n) is 32.5. The largest absolute Gasteiger partial charge is 0.309 e. The first-order valence-electron chi connectivity index (χ1n) is 19.4. The molecule has 274 valence electrons. The lowest BCUT2D eigenvalue weighted by Gasteiger charge is -2.22. The Kier molecular flexibility index (Phi) is 8.06. The molecule has 4 aromatic heterocycles. The molecule has 0 bridgehead atoms. The van der Waals surface area contributed by atoms with Gasteiger partial charge in [0.1, 0.15) is 11.2 Å². The van der Waals surface area contributed by atoms with Crippen LogP contribution in [0.3, 0.4) is 0 Å². The van der Waals surface area contributed by atoms with Crippen molar-refractivity contribution in [3.05, 3.63) is 176 Å². The number of rotatable bonds is 3. The van der Waals surface area contributed by atoms with E-state index in [1.54, 1.807) is 0 Å². The molecule has 57 heavy (non-hydrogen) atoms. The van der Waals surface area contributed by atoms with Gasteiger partial charge in [-0.1, -0.05) is 111 Å². The van der Waals surface area contributed by atoms with Crippen LogP contribution in [0.25, 0.3) is 97.7 Å². The summed E-state index contributed by atoms with van der Waals surface area (Å²) in [6.45, 7) is 14.9. The van der Waals surface area contributed by atoms with Crippen molar-refractivity contribution in [3.63, 3.8) is 0 Å². The number of aromatic nitrogens is 4. The van der Waals surface area contributed by atoms with Crippen molar-refractivity contribution >= 4 is 80.7 Å². The van der Waals surface area contributed by atoms with E-state index in [0.29, 0.717) is 5.82 Å². The molecular weight excluding hydrogens is 713 g/mol. The quantitative estimate of drug-likeness (QED) is 0.169. The van der Waals surface area contributed by atoms with Gasteiger partial charge in [-0.25, -0.2) is 9.97 Å². The molecule has 6 aromatic carbocycles. The minimum Gasteiger partial charge on any atom is -0.309 e. The van der Waals surface area contributed by atoms with E-state index in [-0.39, 0.29) is 5.41 Å². The van der Waals surface area contributed by atoms with Gasteiger partial charge in [-0.2, -0.15) is 0 Å². The third-order valence-corrected chi connectivity index (χ3v) is 13.0. The van der Waals surface area contributed by atoms with Crippen molar-refractivity contribution < 1.29 is 0 Å². The van der Waals surface area contributed by atoms with Crippen molar-refractivity contribution in [2.24, 2.45) is 0 Å². The Labute approximate surface area is 335 Å². The SMILES string of the molecule is C/C=C1\C(=C/C)c2ccc(-c3nc(-c4cccc(-n5c6ccccc6c6c7c8ccccc8sc7c7ccccc7c65)c4)nc4cccnc34)cc2C1(C)C.C=C. The van der Waals surface area contributed by atoms with E-state index < -0.39 is 0 Å². The van der Waals surface area contributed by atoms with Crippen molar-refractivity contribution in [3.8, 4) is 28.3 Å². The molecule has 4 heterocycles. The predicted molar refractivity (Wildman–Crippen MR) is 245 cm³/mol.